The summed E-state index contributed by atoms with van der Waals surface area (Å²) in [4.78, 5) is 15.0. The topological polar surface area (TPSA) is 96.4 Å². The summed E-state index contributed by atoms with van der Waals surface area (Å²) in [5.41, 5.74) is 2.19. The highest BCUT2D eigenvalue weighted by atomic mass is 32.2. The molecule has 9 heteroatoms. The molecule has 200 valence electrons. The second kappa shape index (κ2) is 11.6. The fourth-order valence-corrected chi connectivity index (χ4v) is 7.19. The van der Waals surface area contributed by atoms with Crippen LogP contribution in [0, 0.1) is 11.8 Å². The predicted octanol–water partition coefficient (Wildman–Crippen LogP) is 3.30. The second-order valence-electron chi connectivity index (χ2n) is 10.5. The van der Waals surface area contributed by atoms with E-state index in [1.54, 1.807) is 24.9 Å². The van der Waals surface area contributed by atoms with Crippen LogP contribution in [0.2, 0.25) is 0 Å². The molecule has 3 aliphatic rings. The molecule has 1 saturated heterocycles. The molecule has 0 saturated carbocycles. The summed E-state index contributed by atoms with van der Waals surface area (Å²) in [6.45, 7) is 5.12. The van der Waals surface area contributed by atoms with E-state index in [0.29, 0.717) is 38.3 Å². The van der Waals surface area contributed by atoms with Gasteiger partial charge in [0.1, 0.15) is 16.7 Å². The lowest BCUT2D eigenvalue weighted by Gasteiger charge is -2.38. The largest absolute Gasteiger partial charge is 0.487 e. The van der Waals surface area contributed by atoms with Crippen molar-refractivity contribution in [3.63, 3.8) is 0 Å². The summed E-state index contributed by atoms with van der Waals surface area (Å²) in [5, 5.41) is 9.85. The third kappa shape index (κ3) is 5.79. The lowest BCUT2D eigenvalue weighted by molar-refractivity contribution is -0.138. The molecule has 0 unspecified atom stereocenters. The quantitative estimate of drug-likeness (QED) is 0.618. The van der Waals surface area contributed by atoms with Crippen LogP contribution in [0.3, 0.4) is 0 Å². The molecule has 1 aromatic carbocycles. The van der Waals surface area contributed by atoms with Gasteiger partial charge in [-0.3, -0.25) is 4.79 Å². The number of fused-ring (bicyclic) bond motifs is 1. The number of rotatable bonds is 6. The van der Waals surface area contributed by atoms with E-state index < -0.39 is 22.2 Å². The fourth-order valence-electron chi connectivity index (χ4n) is 5.36. The highest BCUT2D eigenvalue weighted by Crippen LogP contribution is 2.37. The maximum absolute atomic E-state index is 13.7. The van der Waals surface area contributed by atoms with Crippen LogP contribution in [0.4, 0.5) is 0 Å². The number of allylic oxidation sites excluding steroid dienone is 2. The molecule has 0 radical (unpaired) electrons. The Hall–Kier alpha value is -1.94. The summed E-state index contributed by atoms with van der Waals surface area (Å²) in [7, 11) is -2.09. The van der Waals surface area contributed by atoms with Crippen LogP contribution in [0.15, 0.2) is 29.2 Å². The lowest BCUT2D eigenvalue weighted by atomic mass is 9.93. The molecule has 0 bridgehead atoms. The number of hydrogen-bond donors (Lipinski definition) is 1. The number of ether oxygens (including phenoxy) is 2. The number of carbonyl (C=O) groups is 1. The number of aliphatic hydroxyl groups is 1. The van der Waals surface area contributed by atoms with Gasteiger partial charge < -0.3 is 19.5 Å². The standard InChI is InChI=1S/C27H40N2O6S/c1-19-16-29(20(2)18-30)36(32,33)26-10-9-23(21-7-5-4-6-8-21)15-24(26)35-25(19)17-28(3)27(31)22-11-13-34-14-12-22/h7,9-10,15,19-20,22,25,30H,4-6,8,11-14,16-18H2,1-3H3/t19-,20-,25+/m0/s1. The zero-order valence-corrected chi connectivity index (χ0v) is 22.5. The summed E-state index contributed by atoms with van der Waals surface area (Å²) < 4.78 is 40.7. The van der Waals surface area contributed by atoms with E-state index in [9.17, 15) is 18.3 Å². The van der Waals surface area contributed by atoms with Crippen LogP contribution in [0.25, 0.3) is 5.57 Å². The van der Waals surface area contributed by atoms with Crippen LogP contribution in [-0.4, -0.2) is 80.7 Å². The SMILES string of the molecule is C[C@H]1CN([C@@H](C)CO)S(=O)(=O)c2ccc(C3=CCCCC3)cc2O[C@@H]1CN(C)C(=O)C1CCOCC1. The monoisotopic (exact) mass is 520 g/mol. The van der Waals surface area contributed by atoms with Gasteiger partial charge in [-0.1, -0.05) is 19.1 Å². The number of hydrogen-bond acceptors (Lipinski definition) is 6. The van der Waals surface area contributed by atoms with Crippen molar-refractivity contribution in [3.05, 3.63) is 29.8 Å². The molecule has 0 aromatic heterocycles. The normalized spacial score (nSPS) is 26.1. The molecule has 1 N–H and O–H groups in total. The van der Waals surface area contributed by atoms with Gasteiger partial charge in [-0.25, -0.2) is 8.42 Å². The van der Waals surface area contributed by atoms with Gasteiger partial charge in [-0.15, -0.1) is 0 Å². The Balaban J connectivity index is 1.68. The van der Waals surface area contributed by atoms with Crippen molar-refractivity contribution in [3.8, 4) is 5.75 Å². The van der Waals surface area contributed by atoms with E-state index in [2.05, 4.69) is 6.08 Å². The van der Waals surface area contributed by atoms with Crippen LogP contribution >= 0.6 is 0 Å². The summed E-state index contributed by atoms with van der Waals surface area (Å²) in [6, 6.07) is 4.76. The van der Waals surface area contributed by atoms with Crippen molar-refractivity contribution in [1.82, 2.24) is 9.21 Å². The first-order chi connectivity index (χ1) is 17.2. The average Bonchev–Trinajstić information content (AvgIpc) is 2.90. The number of benzene rings is 1. The smallest absolute Gasteiger partial charge is 0.247 e. The fraction of sp³-hybridized carbons (Fsp3) is 0.667. The van der Waals surface area contributed by atoms with E-state index in [-0.39, 0.29) is 35.8 Å². The highest BCUT2D eigenvalue weighted by Gasteiger charge is 2.39. The zero-order chi connectivity index (χ0) is 25.9. The number of aliphatic hydroxyl groups excluding tert-OH is 1. The Bertz CT molecular complexity index is 1070. The first-order valence-corrected chi connectivity index (χ1v) is 14.6. The Morgan fingerprint density at radius 1 is 1.25 bits per heavy atom. The second-order valence-corrected chi connectivity index (χ2v) is 12.3. The lowest BCUT2D eigenvalue weighted by Crippen LogP contribution is -2.50. The third-order valence-electron chi connectivity index (χ3n) is 7.73. The summed E-state index contributed by atoms with van der Waals surface area (Å²) >= 11 is 0. The molecule has 1 fully saturated rings. The summed E-state index contributed by atoms with van der Waals surface area (Å²) in [5.74, 6) is 0.128. The van der Waals surface area contributed by atoms with Gasteiger partial charge in [0.05, 0.1) is 13.2 Å². The Morgan fingerprint density at radius 2 is 2.00 bits per heavy atom. The molecule has 1 aromatic rings. The maximum Gasteiger partial charge on any atom is 0.247 e. The van der Waals surface area contributed by atoms with Crippen LogP contribution in [-0.2, 0) is 19.6 Å². The molecule has 2 aliphatic heterocycles. The Kier molecular flexibility index (Phi) is 8.75. The Morgan fingerprint density at radius 3 is 2.67 bits per heavy atom. The minimum absolute atomic E-state index is 0.0592. The van der Waals surface area contributed by atoms with Gasteiger partial charge in [0, 0.05) is 44.7 Å². The molecule has 1 aliphatic carbocycles. The van der Waals surface area contributed by atoms with Crippen LogP contribution < -0.4 is 4.74 Å². The number of carbonyl (C=O) groups excluding carboxylic acids is 1. The van der Waals surface area contributed by atoms with E-state index in [4.69, 9.17) is 9.47 Å². The van der Waals surface area contributed by atoms with E-state index in [1.807, 2.05) is 19.1 Å². The molecular weight excluding hydrogens is 480 g/mol. The van der Waals surface area contributed by atoms with Gasteiger partial charge in [-0.05, 0) is 68.7 Å². The zero-order valence-electron chi connectivity index (χ0n) is 21.7. The summed E-state index contributed by atoms with van der Waals surface area (Å²) in [6.07, 6.45) is 7.51. The first kappa shape index (κ1) is 27.1. The van der Waals surface area contributed by atoms with Crippen molar-refractivity contribution in [2.75, 3.05) is 40.0 Å². The minimum Gasteiger partial charge on any atom is -0.487 e. The van der Waals surface area contributed by atoms with Gasteiger partial charge >= 0.3 is 0 Å². The van der Waals surface area contributed by atoms with Crippen molar-refractivity contribution < 1.29 is 27.8 Å². The van der Waals surface area contributed by atoms with Crippen molar-refractivity contribution in [1.29, 1.82) is 0 Å². The van der Waals surface area contributed by atoms with E-state index in [1.165, 1.54) is 16.3 Å². The molecule has 8 nitrogen and oxygen atoms in total. The molecule has 2 heterocycles. The third-order valence-corrected chi connectivity index (χ3v) is 9.75. The number of amides is 1. The maximum atomic E-state index is 13.7. The molecule has 4 rings (SSSR count). The van der Waals surface area contributed by atoms with Gasteiger partial charge in [0.25, 0.3) is 0 Å². The predicted molar refractivity (Wildman–Crippen MR) is 138 cm³/mol. The molecule has 1 amide bonds. The first-order valence-electron chi connectivity index (χ1n) is 13.2. The van der Waals surface area contributed by atoms with Gasteiger partial charge in [-0.2, -0.15) is 4.31 Å². The van der Waals surface area contributed by atoms with Gasteiger partial charge in [0.2, 0.25) is 15.9 Å². The van der Waals surface area contributed by atoms with Crippen LogP contribution in [0.1, 0.15) is 57.9 Å². The minimum atomic E-state index is -3.89. The van der Waals surface area contributed by atoms with Crippen molar-refractivity contribution in [2.24, 2.45) is 11.8 Å². The number of likely N-dealkylation sites (N-methyl/N-ethyl adjacent to an activating group) is 1. The van der Waals surface area contributed by atoms with Crippen molar-refractivity contribution in [2.45, 2.75) is 69.4 Å². The van der Waals surface area contributed by atoms with E-state index in [0.717, 1.165) is 24.8 Å². The van der Waals surface area contributed by atoms with E-state index >= 15 is 0 Å². The molecular formula is C27H40N2O6S. The van der Waals surface area contributed by atoms with Crippen LogP contribution in [0.5, 0.6) is 5.75 Å². The number of sulfonamides is 1. The number of nitrogens with zero attached hydrogens (tertiary/aromatic N) is 2. The Labute approximate surface area is 215 Å². The molecule has 36 heavy (non-hydrogen) atoms. The highest BCUT2D eigenvalue weighted by molar-refractivity contribution is 7.89. The van der Waals surface area contributed by atoms with Crippen molar-refractivity contribution >= 4 is 21.5 Å². The van der Waals surface area contributed by atoms with Gasteiger partial charge in [0.15, 0.2) is 0 Å². The average molecular weight is 521 g/mol. The molecule has 0 spiro atoms. The molecule has 3 atom stereocenters.